The van der Waals surface area contributed by atoms with Crippen molar-refractivity contribution in [2.75, 3.05) is 0 Å². The van der Waals surface area contributed by atoms with E-state index in [-0.39, 0.29) is 5.56 Å². The number of aromatic amines is 1. The SMILES string of the molecule is Cc1cccc2nc(CSc3nc(-c4cccs4)c(-c4cccs4)[nH]3)cc(=O)n12. The highest BCUT2D eigenvalue weighted by molar-refractivity contribution is 7.98. The van der Waals surface area contributed by atoms with E-state index in [0.29, 0.717) is 11.4 Å². The van der Waals surface area contributed by atoms with E-state index in [1.165, 1.54) is 0 Å². The summed E-state index contributed by atoms with van der Waals surface area (Å²) in [4.78, 5) is 27.7. The van der Waals surface area contributed by atoms with E-state index < -0.39 is 0 Å². The third-order valence-electron chi connectivity index (χ3n) is 4.49. The third kappa shape index (κ3) is 3.55. The van der Waals surface area contributed by atoms with Gasteiger partial charge < -0.3 is 4.98 Å². The van der Waals surface area contributed by atoms with Crippen molar-refractivity contribution in [3.8, 4) is 21.1 Å². The minimum absolute atomic E-state index is 0.0540. The number of hydrogen-bond donors (Lipinski definition) is 1. The number of pyridine rings is 1. The number of imidazole rings is 1. The predicted molar refractivity (Wildman–Crippen MR) is 121 cm³/mol. The Morgan fingerprint density at radius 3 is 2.59 bits per heavy atom. The Hall–Kier alpha value is -2.68. The summed E-state index contributed by atoms with van der Waals surface area (Å²) < 4.78 is 1.63. The highest BCUT2D eigenvalue weighted by atomic mass is 32.2. The molecule has 5 heterocycles. The normalized spacial score (nSPS) is 11.3. The van der Waals surface area contributed by atoms with Crippen molar-refractivity contribution >= 4 is 40.1 Å². The maximum atomic E-state index is 12.5. The first-order valence-electron chi connectivity index (χ1n) is 8.98. The van der Waals surface area contributed by atoms with Crippen LogP contribution in [0.5, 0.6) is 0 Å². The number of thioether (sulfide) groups is 1. The molecule has 1 N–H and O–H groups in total. The van der Waals surface area contributed by atoms with Crippen molar-refractivity contribution in [2.24, 2.45) is 0 Å². The van der Waals surface area contributed by atoms with E-state index in [1.807, 2.05) is 37.3 Å². The summed E-state index contributed by atoms with van der Waals surface area (Å²) in [5.74, 6) is 0.570. The molecule has 0 bridgehead atoms. The average molecular weight is 437 g/mol. The van der Waals surface area contributed by atoms with Crippen LogP contribution in [0.25, 0.3) is 26.8 Å². The number of aryl methyl sites for hydroxylation is 1. The molecule has 29 heavy (non-hydrogen) atoms. The summed E-state index contributed by atoms with van der Waals surface area (Å²) >= 11 is 4.92. The quantitative estimate of drug-likeness (QED) is 0.371. The van der Waals surface area contributed by atoms with Crippen molar-refractivity contribution in [1.29, 1.82) is 0 Å². The van der Waals surface area contributed by atoms with Crippen LogP contribution in [-0.2, 0) is 5.75 Å². The Kier molecular flexibility index (Phi) is 4.83. The predicted octanol–water partition coefficient (Wildman–Crippen LogP) is 5.48. The molecule has 0 aliphatic rings. The molecule has 0 aromatic carbocycles. The Morgan fingerprint density at radius 2 is 1.83 bits per heavy atom. The second kappa shape index (κ2) is 7.62. The Labute approximate surface area is 179 Å². The van der Waals surface area contributed by atoms with Gasteiger partial charge in [0.1, 0.15) is 11.3 Å². The van der Waals surface area contributed by atoms with Crippen LogP contribution >= 0.6 is 34.4 Å². The third-order valence-corrected chi connectivity index (χ3v) is 7.16. The number of fused-ring (bicyclic) bond motifs is 1. The number of rotatable bonds is 5. The van der Waals surface area contributed by atoms with Crippen molar-refractivity contribution in [3.05, 3.63) is 81.0 Å². The van der Waals surface area contributed by atoms with E-state index in [0.717, 1.165) is 37.7 Å². The van der Waals surface area contributed by atoms with E-state index in [9.17, 15) is 4.79 Å². The molecule has 0 unspecified atom stereocenters. The molecule has 0 aliphatic carbocycles. The van der Waals surface area contributed by atoms with Crippen molar-refractivity contribution < 1.29 is 0 Å². The fraction of sp³-hybridized carbons (Fsp3) is 0.0952. The summed E-state index contributed by atoms with van der Waals surface area (Å²) in [6.45, 7) is 1.91. The van der Waals surface area contributed by atoms with Crippen molar-refractivity contribution in [1.82, 2.24) is 19.4 Å². The molecule has 5 aromatic rings. The van der Waals surface area contributed by atoms with Crippen LogP contribution in [0.3, 0.4) is 0 Å². The molecule has 0 fully saturated rings. The van der Waals surface area contributed by atoms with Gasteiger partial charge in [0.05, 0.1) is 21.1 Å². The van der Waals surface area contributed by atoms with Crippen LogP contribution in [-0.4, -0.2) is 19.4 Å². The van der Waals surface area contributed by atoms with Gasteiger partial charge in [0.2, 0.25) is 0 Å². The number of aromatic nitrogens is 4. The Balaban J connectivity index is 1.47. The molecule has 5 nitrogen and oxygen atoms in total. The summed E-state index contributed by atoms with van der Waals surface area (Å²) in [6, 6.07) is 15.6. The average Bonchev–Trinajstić information content (AvgIpc) is 3.47. The molecule has 0 saturated carbocycles. The fourth-order valence-electron chi connectivity index (χ4n) is 3.19. The summed E-state index contributed by atoms with van der Waals surface area (Å²) in [7, 11) is 0. The minimum Gasteiger partial charge on any atom is -0.332 e. The lowest BCUT2D eigenvalue weighted by Crippen LogP contribution is -2.17. The topological polar surface area (TPSA) is 63.0 Å². The maximum absolute atomic E-state index is 12.5. The molecular weight excluding hydrogens is 420 g/mol. The van der Waals surface area contributed by atoms with Gasteiger partial charge in [-0.25, -0.2) is 9.97 Å². The van der Waals surface area contributed by atoms with E-state index in [2.05, 4.69) is 32.9 Å². The number of H-pyrrole nitrogens is 1. The number of thiophene rings is 2. The summed E-state index contributed by atoms with van der Waals surface area (Å²) in [5, 5.41) is 4.95. The standard InChI is InChI=1S/C21H16N4OS3/c1-13-5-2-8-17-22-14(11-18(26)25(13)17)12-29-21-23-19(15-6-3-9-27-15)20(24-21)16-7-4-10-28-16/h2-11H,12H2,1H3,(H,23,24). The first-order valence-corrected chi connectivity index (χ1v) is 11.7. The number of nitrogens with one attached hydrogen (secondary N) is 1. The van der Waals surface area contributed by atoms with Gasteiger partial charge >= 0.3 is 0 Å². The monoisotopic (exact) mass is 436 g/mol. The molecule has 0 amide bonds. The van der Waals surface area contributed by atoms with Crippen LogP contribution < -0.4 is 5.56 Å². The van der Waals surface area contributed by atoms with Crippen LogP contribution in [0.1, 0.15) is 11.4 Å². The molecule has 0 radical (unpaired) electrons. The lowest BCUT2D eigenvalue weighted by molar-refractivity contribution is 0.966. The van der Waals surface area contributed by atoms with Crippen molar-refractivity contribution in [2.45, 2.75) is 17.8 Å². The molecular formula is C21H16N4OS3. The molecule has 5 rings (SSSR count). The molecule has 0 spiro atoms. The van der Waals surface area contributed by atoms with Gasteiger partial charge in [0.25, 0.3) is 5.56 Å². The summed E-state index contributed by atoms with van der Waals surface area (Å²) in [5.41, 5.74) is 4.25. The highest BCUT2D eigenvalue weighted by Crippen LogP contribution is 2.37. The van der Waals surface area contributed by atoms with Gasteiger partial charge in [-0.3, -0.25) is 9.20 Å². The van der Waals surface area contributed by atoms with Gasteiger partial charge in [-0.1, -0.05) is 30.0 Å². The molecule has 144 valence electrons. The van der Waals surface area contributed by atoms with Gasteiger partial charge in [-0.05, 0) is 41.9 Å². The lowest BCUT2D eigenvalue weighted by Gasteiger charge is -2.05. The zero-order valence-electron chi connectivity index (χ0n) is 15.5. The van der Waals surface area contributed by atoms with Crippen molar-refractivity contribution in [3.63, 3.8) is 0 Å². The van der Waals surface area contributed by atoms with Gasteiger partial charge in [-0.15, -0.1) is 22.7 Å². The summed E-state index contributed by atoms with van der Waals surface area (Å²) in [6.07, 6.45) is 0. The van der Waals surface area contributed by atoms with Gasteiger partial charge in [-0.2, -0.15) is 0 Å². The number of nitrogens with zero attached hydrogens (tertiary/aromatic N) is 3. The van der Waals surface area contributed by atoms with Gasteiger partial charge in [0.15, 0.2) is 5.16 Å². The second-order valence-electron chi connectivity index (χ2n) is 6.46. The molecule has 5 aromatic heterocycles. The van der Waals surface area contributed by atoms with Crippen LogP contribution in [0.15, 0.2) is 69.2 Å². The van der Waals surface area contributed by atoms with Crippen LogP contribution in [0.2, 0.25) is 0 Å². The smallest absolute Gasteiger partial charge is 0.258 e. The van der Waals surface area contributed by atoms with E-state index >= 15 is 0 Å². The van der Waals surface area contributed by atoms with Gasteiger partial charge in [0, 0.05) is 17.5 Å². The number of hydrogen-bond acceptors (Lipinski definition) is 6. The zero-order valence-corrected chi connectivity index (χ0v) is 17.9. The molecule has 8 heteroatoms. The molecule has 0 atom stereocenters. The van der Waals surface area contributed by atoms with Crippen LogP contribution in [0.4, 0.5) is 0 Å². The minimum atomic E-state index is -0.0540. The first-order chi connectivity index (χ1) is 14.2. The maximum Gasteiger partial charge on any atom is 0.258 e. The van der Waals surface area contributed by atoms with E-state index in [4.69, 9.17) is 4.98 Å². The fourth-order valence-corrected chi connectivity index (χ4v) is 5.40. The van der Waals surface area contributed by atoms with E-state index in [1.54, 1.807) is 44.9 Å². The Bertz CT molecular complexity index is 1280. The van der Waals surface area contributed by atoms with Crippen LogP contribution in [0, 0.1) is 6.92 Å². The largest absolute Gasteiger partial charge is 0.332 e. The first kappa shape index (κ1) is 18.4. The zero-order chi connectivity index (χ0) is 19.8. The second-order valence-corrected chi connectivity index (χ2v) is 9.31. The molecule has 0 aliphatic heterocycles. The molecule has 0 saturated heterocycles. The lowest BCUT2D eigenvalue weighted by atomic mass is 10.2. The highest BCUT2D eigenvalue weighted by Gasteiger charge is 2.16. The Morgan fingerprint density at radius 1 is 1.03 bits per heavy atom.